The van der Waals surface area contributed by atoms with Crippen molar-refractivity contribution >= 4 is 34.8 Å². The molecule has 1 aromatic carbocycles. The van der Waals surface area contributed by atoms with Crippen LogP contribution < -0.4 is 8.43 Å². The SMILES string of the molecule is C1CCOC1.COc1cc[c]([Mg][Br])cc1. The third kappa shape index (κ3) is 5.75. The van der Waals surface area contributed by atoms with Gasteiger partial charge in [-0.3, -0.25) is 12.9 Å². The normalized spacial score (nSPS) is 13.7. The molecule has 0 N–H and O–H groups in total. The van der Waals surface area contributed by atoms with Gasteiger partial charge in [-0.25, -0.2) is 0 Å². The number of ether oxygens (including phenoxy) is 2. The lowest BCUT2D eigenvalue weighted by Gasteiger charge is -1.98. The number of halogens is 1. The van der Waals surface area contributed by atoms with Crippen molar-refractivity contribution in [1.82, 2.24) is 0 Å². The Kier molecular flexibility index (Phi) is 7.43. The molecule has 1 aromatic rings. The Morgan fingerprint density at radius 3 is 2.13 bits per heavy atom. The lowest BCUT2D eigenvalue weighted by atomic mass is 10.3. The Hall–Kier alpha value is 0.226. The zero-order valence-corrected chi connectivity index (χ0v) is 12.0. The molecule has 0 aromatic heterocycles. The molecule has 2 rings (SSSR count). The first-order valence-corrected chi connectivity index (χ1v) is 9.74. The van der Waals surface area contributed by atoms with Crippen molar-refractivity contribution in [2.24, 2.45) is 0 Å². The summed E-state index contributed by atoms with van der Waals surface area (Å²) in [4.78, 5) is 0. The summed E-state index contributed by atoms with van der Waals surface area (Å²) in [5, 5.41) is 0. The van der Waals surface area contributed by atoms with Crippen molar-refractivity contribution in [3.63, 3.8) is 0 Å². The summed E-state index contributed by atoms with van der Waals surface area (Å²) in [5.74, 6) is 0.929. The molecule has 1 fully saturated rings. The average Bonchev–Trinajstić information content (AvgIpc) is 2.88. The largest absolute Gasteiger partial charge is 0.506 e. The number of hydrogen-bond donors (Lipinski definition) is 0. The molecular weight excluding hydrogens is 268 g/mol. The van der Waals surface area contributed by atoms with Crippen molar-refractivity contribution in [1.29, 1.82) is 0 Å². The molecule has 0 saturated carbocycles. The topological polar surface area (TPSA) is 18.5 Å². The summed E-state index contributed by atoms with van der Waals surface area (Å²) in [6.45, 7) is 2.00. The molecule has 1 heterocycles. The molecule has 80 valence electrons. The second kappa shape index (κ2) is 8.39. The van der Waals surface area contributed by atoms with Crippen LogP contribution in [0.4, 0.5) is 0 Å². The lowest BCUT2D eigenvalue weighted by molar-refractivity contribution is 0.198. The van der Waals surface area contributed by atoms with Crippen LogP contribution in [0.15, 0.2) is 24.3 Å². The van der Waals surface area contributed by atoms with E-state index in [0.29, 0.717) is 0 Å². The van der Waals surface area contributed by atoms with E-state index < -0.39 is 0 Å². The summed E-state index contributed by atoms with van der Waals surface area (Å²) >= 11 is 3.33. The summed E-state index contributed by atoms with van der Waals surface area (Å²) in [6, 6.07) is 8.17. The van der Waals surface area contributed by atoms with Gasteiger partial charge in [0.15, 0.2) is 0 Å². The van der Waals surface area contributed by atoms with Gasteiger partial charge in [0, 0.05) is 13.2 Å². The monoisotopic (exact) mass is 282 g/mol. The molecule has 1 saturated heterocycles. The molecule has 1 aliphatic rings. The van der Waals surface area contributed by atoms with Crippen LogP contribution in [0.5, 0.6) is 5.75 Å². The van der Waals surface area contributed by atoms with Crippen molar-refractivity contribution in [2.45, 2.75) is 12.8 Å². The van der Waals surface area contributed by atoms with E-state index in [1.54, 1.807) is 7.11 Å². The van der Waals surface area contributed by atoms with Gasteiger partial charge in [0.1, 0.15) is 5.75 Å². The molecule has 2 nitrogen and oxygen atoms in total. The number of hydrogen-bond acceptors (Lipinski definition) is 2. The molecule has 0 spiro atoms. The van der Waals surface area contributed by atoms with Gasteiger partial charge < -0.3 is 9.47 Å². The first-order valence-electron chi connectivity index (χ1n) is 5.13. The van der Waals surface area contributed by atoms with Crippen LogP contribution in [0, 0.1) is 0 Å². The summed E-state index contributed by atoms with van der Waals surface area (Å²) in [5.41, 5.74) is 0. The molecule has 0 atom stereocenters. The third-order valence-corrected chi connectivity index (χ3v) is 4.86. The Bertz CT molecular complexity index is 229. The van der Waals surface area contributed by atoms with Gasteiger partial charge in [0.05, 0.1) is 7.11 Å². The van der Waals surface area contributed by atoms with E-state index in [9.17, 15) is 0 Å². The van der Waals surface area contributed by atoms with Crippen LogP contribution in [0.2, 0.25) is 0 Å². The van der Waals surface area contributed by atoms with Gasteiger partial charge in [-0.15, -0.1) is 0 Å². The first kappa shape index (κ1) is 13.3. The first-order chi connectivity index (χ1) is 7.36. The highest BCUT2D eigenvalue weighted by Gasteiger charge is 1.95. The van der Waals surface area contributed by atoms with Gasteiger partial charge in [-0.1, -0.05) is 12.1 Å². The average molecular weight is 283 g/mol. The van der Waals surface area contributed by atoms with Crippen LogP contribution >= 0.6 is 12.9 Å². The minimum atomic E-state index is -0.175. The maximum atomic E-state index is 5.01. The minimum Gasteiger partial charge on any atom is -0.497 e. The second-order valence-corrected chi connectivity index (χ2v) is 6.07. The number of benzene rings is 1. The Balaban J connectivity index is 0.000000187. The van der Waals surface area contributed by atoms with Crippen LogP contribution in [-0.2, 0) is 4.74 Å². The minimum absolute atomic E-state index is 0.175. The van der Waals surface area contributed by atoms with E-state index >= 15 is 0 Å². The third-order valence-electron chi connectivity index (χ3n) is 2.14. The Morgan fingerprint density at radius 1 is 1.20 bits per heavy atom. The van der Waals surface area contributed by atoms with E-state index in [0.717, 1.165) is 19.0 Å². The van der Waals surface area contributed by atoms with Gasteiger partial charge >= 0.3 is 18.2 Å². The highest BCUT2D eigenvalue weighted by molar-refractivity contribution is 9.23. The molecule has 0 amide bonds. The molecule has 0 bridgehead atoms. The van der Waals surface area contributed by atoms with Gasteiger partial charge in [0.2, 0.25) is 0 Å². The van der Waals surface area contributed by atoms with Crippen molar-refractivity contribution in [2.75, 3.05) is 20.3 Å². The fraction of sp³-hybridized carbons (Fsp3) is 0.455. The molecule has 0 aliphatic carbocycles. The predicted molar refractivity (Wildman–Crippen MR) is 67.4 cm³/mol. The van der Waals surface area contributed by atoms with Crippen LogP contribution in [-0.4, -0.2) is 38.5 Å². The predicted octanol–water partition coefficient (Wildman–Crippen LogP) is 2.13. The zero-order valence-electron chi connectivity index (χ0n) is 9.04. The van der Waals surface area contributed by atoms with Crippen LogP contribution in [0.3, 0.4) is 0 Å². The second-order valence-electron chi connectivity index (χ2n) is 3.30. The van der Waals surface area contributed by atoms with Crippen LogP contribution in [0.1, 0.15) is 12.8 Å². The number of rotatable bonds is 2. The van der Waals surface area contributed by atoms with E-state index in [4.69, 9.17) is 9.47 Å². The van der Waals surface area contributed by atoms with Crippen LogP contribution in [0.25, 0.3) is 0 Å². The zero-order chi connectivity index (χ0) is 10.9. The number of methoxy groups -OCH3 is 1. The Morgan fingerprint density at radius 2 is 1.80 bits per heavy atom. The summed E-state index contributed by atoms with van der Waals surface area (Å²) in [7, 11) is 1.68. The van der Waals surface area contributed by atoms with Crippen molar-refractivity contribution in [3.8, 4) is 5.75 Å². The van der Waals surface area contributed by atoms with E-state index in [-0.39, 0.29) is 18.2 Å². The molecule has 1 aliphatic heterocycles. The fourth-order valence-corrected chi connectivity index (χ4v) is 2.76. The van der Waals surface area contributed by atoms with E-state index in [1.807, 2.05) is 12.1 Å². The summed E-state index contributed by atoms with van der Waals surface area (Å²) < 4.78 is 11.4. The van der Waals surface area contributed by atoms with Crippen molar-refractivity contribution in [3.05, 3.63) is 24.3 Å². The lowest BCUT2D eigenvalue weighted by Crippen LogP contribution is -2.06. The van der Waals surface area contributed by atoms with Crippen molar-refractivity contribution < 1.29 is 9.47 Å². The van der Waals surface area contributed by atoms with Gasteiger partial charge in [0.25, 0.3) is 0 Å². The quantitative estimate of drug-likeness (QED) is 0.774. The molecule has 0 unspecified atom stereocenters. The highest BCUT2D eigenvalue weighted by atomic mass is 79.9. The van der Waals surface area contributed by atoms with E-state index in [2.05, 4.69) is 25.0 Å². The van der Waals surface area contributed by atoms with E-state index in [1.165, 1.54) is 16.5 Å². The fourth-order valence-electron chi connectivity index (χ4n) is 1.22. The molecule has 0 radical (unpaired) electrons. The maximum Gasteiger partial charge on any atom is 0.506 e. The molecule has 4 heteroatoms. The molecular formula is C11H15BrMgO2. The Labute approximate surface area is 107 Å². The molecule has 15 heavy (non-hydrogen) atoms. The highest BCUT2D eigenvalue weighted by Crippen LogP contribution is 2.05. The smallest absolute Gasteiger partial charge is 0.497 e. The standard InChI is InChI=1S/C7H7O.C4H8O.BrH.Mg/c1-8-7-5-3-2-4-6-7;1-2-4-5-3-1;;/h3-6H,1H3;1-4H2;1H;/q;;;+1/p-1. The van der Waals surface area contributed by atoms with Gasteiger partial charge in [-0.05, 0) is 25.0 Å². The van der Waals surface area contributed by atoms with Gasteiger partial charge in [-0.2, -0.15) is 3.69 Å². The summed E-state index contributed by atoms with van der Waals surface area (Å²) in [6.07, 6.45) is 2.56. The maximum absolute atomic E-state index is 5.01.